The molecule has 0 atom stereocenters. The topological polar surface area (TPSA) is 15.6 Å². The van der Waals surface area contributed by atoms with E-state index in [0.29, 0.717) is 20.8 Å². The molecule has 2 nitrogen and oxygen atoms in total. The van der Waals surface area contributed by atoms with Crippen LogP contribution in [0, 0.1) is 0 Å². The molecule has 0 fully saturated rings. The van der Waals surface area contributed by atoms with Gasteiger partial charge in [0.1, 0.15) is 0 Å². The lowest BCUT2D eigenvalue weighted by atomic mass is 9.88. The minimum Gasteiger partial charge on any atom is -0.362 e. The zero-order valence-electron chi connectivity index (χ0n) is 16.0. The number of rotatable bonds is 4. The average Bonchev–Trinajstić information content (AvgIpc) is 2.60. The van der Waals surface area contributed by atoms with Crippen LogP contribution in [0.25, 0.3) is 5.57 Å². The molecule has 0 radical (unpaired) electrons. The summed E-state index contributed by atoms with van der Waals surface area (Å²) >= 11 is 18.9. The SMILES string of the molecule is CCCN1c2cc(Cl)c(C=Nc3cccc(Cl)c3Cl)cc2C(C)=CC1(C)C. The van der Waals surface area contributed by atoms with Gasteiger partial charge in [-0.25, -0.2) is 0 Å². The van der Waals surface area contributed by atoms with E-state index in [1.54, 1.807) is 12.3 Å². The molecule has 1 aliphatic heterocycles. The van der Waals surface area contributed by atoms with E-state index in [4.69, 9.17) is 34.8 Å². The molecule has 0 bridgehead atoms. The number of anilines is 1. The molecule has 1 heterocycles. The second-order valence-electron chi connectivity index (χ2n) is 7.35. The molecule has 0 N–H and O–H groups in total. The largest absolute Gasteiger partial charge is 0.362 e. The Morgan fingerprint density at radius 2 is 1.85 bits per heavy atom. The third kappa shape index (κ3) is 4.03. The summed E-state index contributed by atoms with van der Waals surface area (Å²) in [5, 5.41) is 1.60. The first kappa shape index (κ1) is 20.3. The maximum Gasteiger partial charge on any atom is 0.0848 e. The van der Waals surface area contributed by atoms with Gasteiger partial charge in [0.15, 0.2) is 0 Å². The smallest absolute Gasteiger partial charge is 0.0848 e. The predicted molar refractivity (Wildman–Crippen MR) is 121 cm³/mol. The minimum atomic E-state index is -0.0413. The van der Waals surface area contributed by atoms with E-state index in [-0.39, 0.29) is 5.54 Å². The number of hydrogen-bond donors (Lipinski definition) is 0. The van der Waals surface area contributed by atoms with Crippen LogP contribution < -0.4 is 4.90 Å². The lowest BCUT2D eigenvalue weighted by Gasteiger charge is -2.43. The van der Waals surface area contributed by atoms with Crippen molar-refractivity contribution in [3.05, 3.63) is 62.6 Å². The molecule has 142 valence electrons. The number of halogens is 3. The Balaban J connectivity index is 2.05. The quantitative estimate of drug-likeness (QED) is 0.459. The fourth-order valence-corrected chi connectivity index (χ4v) is 4.13. The summed E-state index contributed by atoms with van der Waals surface area (Å²) in [6.45, 7) is 9.79. The van der Waals surface area contributed by atoms with Crippen molar-refractivity contribution < 1.29 is 0 Å². The van der Waals surface area contributed by atoms with Crippen LogP contribution in [0.2, 0.25) is 15.1 Å². The van der Waals surface area contributed by atoms with Crippen LogP contribution in [0.3, 0.4) is 0 Å². The van der Waals surface area contributed by atoms with Crippen LogP contribution in [-0.2, 0) is 0 Å². The summed E-state index contributed by atoms with van der Waals surface area (Å²) in [4.78, 5) is 6.91. The van der Waals surface area contributed by atoms with Gasteiger partial charge in [0, 0.05) is 29.6 Å². The van der Waals surface area contributed by atoms with Crippen LogP contribution in [-0.4, -0.2) is 18.3 Å². The molecule has 0 unspecified atom stereocenters. The van der Waals surface area contributed by atoms with Crippen LogP contribution in [0.4, 0.5) is 11.4 Å². The molecule has 0 spiro atoms. The highest BCUT2D eigenvalue weighted by molar-refractivity contribution is 6.43. The third-order valence-electron chi connectivity index (χ3n) is 4.82. The van der Waals surface area contributed by atoms with E-state index in [2.05, 4.69) is 49.7 Å². The van der Waals surface area contributed by atoms with Gasteiger partial charge in [-0.2, -0.15) is 0 Å². The zero-order valence-corrected chi connectivity index (χ0v) is 18.3. The van der Waals surface area contributed by atoms with Crippen molar-refractivity contribution in [1.82, 2.24) is 0 Å². The Morgan fingerprint density at radius 3 is 2.56 bits per heavy atom. The first-order valence-corrected chi connectivity index (χ1v) is 10.2. The number of allylic oxidation sites excluding steroid dienone is 1. The molecule has 5 heteroatoms. The molecule has 0 aliphatic carbocycles. The molecule has 1 aliphatic rings. The molecular weight excluding hydrogens is 399 g/mol. The zero-order chi connectivity index (χ0) is 19.8. The standard InChI is InChI=1S/C22H23Cl3N2/c1-5-9-27-20-11-18(24)15(10-16(20)14(2)12-22(27,3)4)13-26-19-8-6-7-17(23)21(19)25/h6-8,10-13H,5,9H2,1-4H3. The van der Waals surface area contributed by atoms with Gasteiger partial charge in [0.25, 0.3) is 0 Å². The Bertz CT molecular complexity index is 929. The number of fused-ring (bicyclic) bond motifs is 1. The fraction of sp³-hybridized carbons (Fsp3) is 0.318. The highest BCUT2D eigenvalue weighted by atomic mass is 35.5. The van der Waals surface area contributed by atoms with Gasteiger partial charge in [0.2, 0.25) is 0 Å². The molecule has 0 aromatic heterocycles. The fourth-order valence-electron chi connectivity index (χ4n) is 3.58. The van der Waals surface area contributed by atoms with Crippen molar-refractivity contribution in [2.75, 3.05) is 11.4 Å². The van der Waals surface area contributed by atoms with Crippen LogP contribution in [0.1, 0.15) is 45.2 Å². The van der Waals surface area contributed by atoms with E-state index in [9.17, 15) is 0 Å². The first-order chi connectivity index (χ1) is 12.7. The van der Waals surface area contributed by atoms with Gasteiger partial charge in [-0.1, -0.05) is 53.9 Å². The van der Waals surface area contributed by atoms with Crippen molar-refractivity contribution >= 4 is 58.0 Å². The second-order valence-corrected chi connectivity index (χ2v) is 8.55. The summed E-state index contributed by atoms with van der Waals surface area (Å²) in [6.07, 6.45) is 5.13. The molecule has 2 aromatic carbocycles. The molecule has 27 heavy (non-hydrogen) atoms. The van der Waals surface area contributed by atoms with Crippen LogP contribution in [0.5, 0.6) is 0 Å². The molecular formula is C22H23Cl3N2. The second kappa shape index (κ2) is 7.87. The summed E-state index contributed by atoms with van der Waals surface area (Å²) in [5.74, 6) is 0. The molecule has 0 saturated carbocycles. The van der Waals surface area contributed by atoms with E-state index in [1.165, 1.54) is 16.8 Å². The van der Waals surface area contributed by atoms with Crippen molar-refractivity contribution in [2.24, 2.45) is 4.99 Å². The van der Waals surface area contributed by atoms with Crippen LogP contribution >= 0.6 is 34.8 Å². The lowest BCUT2D eigenvalue weighted by molar-refractivity contribution is 0.550. The molecule has 0 amide bonds. The van der Waals surface area contributed by atoms with Crippen molar-refractivity contribution in [1.29, 1.82) is 0 Å². The van der Waals surface area contributed by atoms with E-state index >= 15 is 0 Å². The minimum absolute atomic E-state index is 0.0413. The Labute approximate surface area is 176 Å². The van der Waals surface area contributed by atoms with Crippen molar-refractivity contribution in [2.45, 2.75) is 39.7 Å². The van der Waals surface area contributed by atoms with E-state index < -0.39 is 0 Å². The summed E-state index contributed by atoms with van der Waals surface area (Å²) < 4.78 is 0. The number of benzene rings is 2. The number of nitrogens with zero attached hydrogens (tertiary/aromatic N) is 2. The summed E-state index contributed by atoms with van der Waals surface area (Å²) in [6, 6.07) is 9.54. The number of hydrogen-bond acceptors (Lipinski definition) is 2. The Hall–Kier alpha value is -1.48. The van der Waals surface area contributed by atoms with Gasteiger partial charge < -0.3 is 4.90 Å². The lowest BCUT2D eigenvalue weighted by Crippen LogP contribution is -2.45. The van der Waals surface area contributed by atoms with E-state index in [1.807, 2.05) is 18.2 Å². The van der Waals surface area contributed by atoms with E-state index in [0.717, 1.165) is 18.5 Å². The van der Waals surface area contributed by atoms with Gasteiger partial charge in [-0.15, -0.1) is 0 Å². The summed E-state index contributed by atoms with van der Waals surface area (Å²) in [7, 11) is 0. The van der Waals surface area contributed by atoms with Gasteiger partial charge in [0.05, 0.1) is 26.3 Å². The van der Waals surface area contributed by atoms with Gasteiger partial charge >= 0.3 is 0 Å². The Kier molecular flexibility index (Phi) is 5.90. The molecule has 2 aromatic rings. The predicted octanol–water partition coefficient (Wildman–Crippen LogP) is 7.81. The Morgan fingerprint density at radius 1 is 1.11 bits per heavy atom. The molecule has 0 saturated heterocycles. The van der Waals surface area contributed by atoms with Crippen molar-refractivity contribution in [3.63, 3.8) is 0 Å². The van der Waals surface area contributed by atoms with Crippen molar-refractivity contribution in [3.8, 4) is 0 Å². The third-order valence-corrected chi connectivity index (χ3v) is 5.95. The monoisotopic (exact) mass is 420 g/mol. The highest BCUT2D eigenvalue weighted by Gasteiger charge is 2.31. The molecule has 3 rings (SSSR count). The van der Waals surface area contributed by atoms with Gasteiger partial charge in [-0.3, -0.25) is 4.99 Å². The first-order valence-electron chi connectivity index (χ1n) is 9.03. The number of aliphatic imine (C=N–C) groups is 1. The normalized spacial score (nSPS) is 15.8. The highest BCUT2D eigenvalue weighted by Crippen LogP contribution is 2.41. The maximum absolute atomic E-state index is 6.61. The van der Waals surface area contributed by atoms with Crippen LogP contribution in [0.15, 0.2) is 41.4 Å². The maximum atomic E-state index is 6.61. The average molecular weight is 422 g/mol. The summed E-state index contributed by atoms with van der Waals surface area (Å²) in [5.41, 5.74) is 5.04. The van der Waals surface area contributed by atoms with Gasteiger partial charge in [-0.05, 0) is 57.0 Å².